The molecule has 33 heavy (non-hydrogen) atoms. The van der Waals surface area contributed by atoms with E-state index in [4.69, 9.17) is 4.74 Å². The molecule has 1 aliphatic heterocycles. The Morgan fingerprint density at radius 1 is 0.909 bits per heavy atom. The lowest BCUT2D eigenvalue weighted by Gasteiger charge is -2.39. The van der Waals surface area contributed by atoms with Gasteiger partial charge < -0.3 is 4.74 Å². The Labute approximate surface area is 191 Å². The van der Waals surface area contributed by atoms with Gasteiger partial charge in [0.1, 0.15) is 28.1 Å². The summed E-state index contributed by atoms with van der Waals surface area (Å²) in [5.41, 5.74) is 1.26. The van der Waals surface area contributed by atoms with Crippen molar-refractivity contribution in [3.05, 3.63) is 95.6 Å². The van der Waals surface area contributed by atoms with Crippen LogP contribution in [0.4, 0.5) is 8.78 Å². The summed E-state index contributed by atoms with van der Waals surface area (Å²) in [4.78, 5) is 12.5. The molecule has 0 N–H and O–H groups in total. The molecule has 1 fully saturated rings. The molecule has 0 aromatic heterocycles. The molecule has 3 aromatic rings. The normalized spacial score (nSPS) is 17.3. The van der Waals surface area contributed by atoms with Crippen LogP contribution in [0.15, 0.2) is 77.7 Å². The van der Waals surface area contributed by atoms with E-state index in [-0.39, 0.29) is 35.8 Å². The Hall–Kier alpha value is -3.10. The van der Waals surface area contributed by atoms with Crippen molar-refractivity contribution in [2.24, 2.45) is 0 Å². The van der Waals surface area contributed by atoms with Crippen LogP contribution in [0.1, 0.15) is 29.9 Å². The molecule has 0 spiro atoms. The summed E-state index contributed by atoms with van der Waals surface area (Å²) in [6.07, 6.45) is 0.0677. The molecule has 5 nitrogen and oxygen atoms in total. The predicted molar refractivity (Wildman–Crippen MR) is 120 cm³/mol. The standard InChI is InChI=1S/C25H23F2NO4S/c1-32-23-4-2-3-5-24(23)33(30,31)28-15-14-21(29)16-22(28)25(17-6-10-19(26)11-7-17)18-8-12-20(27)13-9-18/h2-13,22,25H,14-16H2,1H3. The molecule has 4 rings (SSSR count). The van der Waals surface area contributed by atoms with Gasteiger partial charge in [0.2, 0.25) is 10.0 Å². The fraction of sp³-hybridized carbons (Fsp3) is 0.240. The highest BCUT2D eigenvalue weighted by molar-refractivity contribution is 7.89. The molecular weight excluding hydrogens is 448 g/mol. The van der Waals surface area contributed by atoms with Crippen LogP contribution in [0, 0.1) is 11.6 Å². The number of nitrogens with zero attached hydrogens (tertiary/aromatic N) is 1. The van der Waals surface area contributed by atoms with Crippen molar-refractivity contribution >= 4 is 15.8 Å². The molecule has 0 aliphatic carbocycles. The Bertz CT molecular complexity index is 1200. The van der Waals surface area contributed by atoms with Gasteiger partial charge in [-0.2, -0.15) is 4.31 Å². The van der Waals surface area contributed by atoms with Crippen LogP contribution in [0.5, 0.6) is 5.75 Å². The molecule has 1 saturated heterocycles. The van der Waals surface area contributed by atoms with Crippen LogP contribution in [0.2, 0.25) is 0 Å². The first-order chi connectivity index (χ1) is 15.8. The maximum atomic E-state index is 13.8. The molecule has 1 aliphatic rings. The van der Waals surface area contributed by atoms with Gasteiger partial charge in [-0.3, -0.25) is 4.79 Å². The number of Topliss-reactive ketones (excluding diaryl/α,β-unsaturated/α-hetero) is 1. The Morgan fingerprint density at radius 2 is 1.45 bits per heavy atom. The topological polar surface area (TPSA) is 63.7 Å². The van der Waals surface area contributed by atoms with Crippen molar-refractivity contribution < 1.29 is 26.7 Å². The molecule has 0 bridgehead atoms. The monoisotopic (exact) mass is 471 g/mol. The summed E-state index contributed by atoms with van der Waals surface area (Å²) in [5, 5.41) is 0. The van der Waals surface area contributed by atoms with Crippen LogP contribution in [-0.2, 0) is 14.8 Å². The quantitative estimate of drug-likeness (QED) is 0.530. The third kappa shape index (κ3) is 4.67. The fourth-order valence-electron chi connectivity index (χ4n) is 4.36. The predicted octanol–water partition coefficient (Wildman–Crippen LogP) is 4.53. The number of carbonyl (C=O) groups is 1. The van der Waals surface area contributed by atoms with Crippen molar-refractivity contribution in [2.75, 3.05) is 13.7 Å². The highest BCUT2D eigenvalue weighted by Gasteiger charge is 2.42. The lowest BCUT2D eigenvalue weighted by atomic mass is 9.81. The van der Waals surface area contributed by atoms with Gasteiger partial charge in [-0.1, -0.05) is 36.4 Å². The number of rotatable bonds is 6. The summed E-state index contributed by atoms with van der Waals surface area (Å²) in [7, 11) is -2.65. The average Bonchev–Trinajstić information content (AvgIpc) is 2.81. The SMILES string of the molecule is COc1ccccc1S(=O)(=O)N1CCC(=O)CC1C(c1ccc(F)cc1)c1ccc(F)cc1. The van der Waals surface area contributed by atoms with E-state index in [9.17, 15) is 22.0 Å². The number of carbonyl (C=O) groups excluding carboxylic acids is 1. The number of ether oxygens (including phenoxy) is 1. The lowest BCUT2D eigenvalue weighted by molar-refractivity contribution is -0.122. The second-order valence-electron chi connectivity index (χ2n) is 7.91. The first-order valence-corrected chi connectivity index (χ1v) is 11.9. The molecular formula is C25H23F2NO4S. The molecule has 0 saturated carbocycles. The molecule has 0 radical (unpaired) electrons. The molecule has 0 amide bonds. The number of methoxy groups -OCH3 is 1. The number of para-hydroxylation sites is 1. The number of benzene rings is 3. The smallest absolute Gasteiger partial charge is 0.247 e. The van der Waals surface area contributed by atoms with Crippen molar-refractivity contribution in [1.29, 1.82) is 0 Å². The second-order valence-corrected chi connectivity index (χ2v) is 9.77. The summed E-state index contributed by atoms with van der Waals surface area (Å²) >= 11 is 0. The van der Waals surface area contributed by atoms with Crippen LogP contribution in [0.25, 0.3) is 0 Å². The molecule has 8 heteroatoms. The highest BCUT2D eigenvalue weighted by Crippen LogP contribution is 2.39. The number of hydrogen-bond donors (Lipinski definition) is 0. The largest absolute Gasteiger partial charge is 0.495 e. The molecule has 3 aromatic carbocycles. The number of hydrogen-bond acceptors (Lipinski definition) is 4. The van der Waals surface area contributed by atoms with Crippen LogP contribution in [-0.4, -0.2) is 38.2 Å². The van der Waals surface area contributed by atoms with E-state index in [1.54, 1.807) is 42.5 Å². The van der Waals surface area contributed by atoms with Gasteiger partial charge in [0.25, 0.3) is 0 Å². The van der Waals surface area contributed by atoms with Crippen LogP contribution in [0.3, 0.4) is 0 Å². The summed E-state index contributed by atoms with van der Waals surface area (Å²) in [6.45, 7) is 0.00275. The van der Waals surface area contributed by atoms with Gasteiger partial charge in [0.15, 0.2) is 0 Å². The van der Waals surface area contributed by atoms with Crippen molar-refractivity contribution in [2.45, 2.75) is 29.7 Å². The van der Waals surface area contributed by atoms with Gasteiger partial charge >= 0.3 is 0 Å². The lowest BCUT2D eigenvalue weighted by Crippen LogP contribution is -2.49. The third-order valence-electron chi connectivity index (χ3n) is 5.92. The number of halogens is 2. The van der Waals surface area contributed by atoms with Crippen molar-refractivity contribution in [3.63, 3.8) is 0 Å². The van der Waals surface area contributed by atoms with E-state index >= 15 is 0 Å². The van der Waals surface area contributed by atoms with Gasteiger partial charge in [0.05, 0.1) is 7.11 Å². The first kappa shape index (κ1) is 23.1. The van der Waals surface area contributed by atoms with E-state index in [2.05, 4.69) is 0 Å². The number of sulfonamides is 1. The van der Waals surface area contributed by atoms with E-state index in [1.807, 2.05) is 0 Å². The molecule has 1 heterocycles. The van der Waals surface area contributed by atoms with E-state index in [0.29, 0.717) is 11.1 Å². The first-order valence-electron chi connectivity index (χ1n) is 10.5. The fourth-order valence-corrected chi connectivity index (χ4v) is 6.15. The minimum absolute atomic E-state index is 0.00275. The van der Waals surface area contributed by atoms with E-state index < -0.39 is 33.6 Å². The molecule has 172 valence electrons. The van der Waals surface area contributed by atoms with Crippen molar-refractivity contribution in [3.8, 4) is 5.75 Å². The average molecular weight is 472 g/mol. The second kappa shape index (κ2) is 9.41. The van der Waals surface area contributed by atoms with E-state index in [1.165, 1.54) is 41.7 Å². The van der Waals surface area contributed by atoms with Crippen LogP contribution >= 0.6 is 0 Å². The molecule has 1 atom stereocenters. The zero-order valence-corrected chi connectivity index (χ0v) is 18.8. The Balaban J connectivity index is 1.86. The number of ketones is 1. The summed E-state index contributed by atoms with van der Waals surface area (Å²) in [5.74, 6) is -1.35. The Morgan fingerprint density at radius 3 is 2.00 bits per heavy atom. The maximum absolute atomic E-state index is 13.8. The molecule has 1 unspecified atom stereocenters. The van der Waals surface area contributed by atoms with Gasteiger partial charge in [-0.05, 0) is 47.5 Å². The Kier molecular flexibility index (Phi) is 6.58. The van der Waals surface area contributed by atoms with Crippen molar-refractivity contribution in [1.82, 2.24) is 4.31 Å². The van der Waals surface area contributed by atoms with Crippen LogP contribution < -0.4 is 4.74 Å². The minimum Gasteiger partial charge on any atom is -0.495 e. The third-order valence-corrected chi connectivity index (χ3v) is 7.88. The number of piperidine rings is 1. The highest BCUT2D eigenvalue weighted by atomic mass is 32.2. The summed E-state index contributed by atoms with van der Waals surface area (Å²) in [6, 6.07) is 16.9. The maximum Gasteiger partial charge on any atom is 0.247 e. The summed E-state index contributed by atoms with van der Waals surface area (Å²) < 4.78 is 61.5. The van der Waals surface area contributed by atoms with Gasteiger partial charge in [-0.25, -0.2) is 17.2 Å². The zero-order valence-electron chi connectivity index (χ0n) is 17.9. The van der Waals surface area contributed by atoms with E-state index in [0.717, 1.165) is 0 Å². The zero-order chi connectivity index (χ0) is 23.6. The van der Waals surface area contributed by atoms with Gasteiger partial charge in [0, 0.05) is 31.3 Å². The minimum atomic E-state index is -4.05. The van der Waals surface area contributed by atoms with Gasteiger partial charge in [-0.15, -0.1) is 0 Å².